The van der Waals surface area contributed by atoms with Crippen LogP contribution in [0.2, 0.25) is 0 Å². The highest BCUT2D eigenvalue weighted by Gasteiger charge is 2.07. The summed E-state index contributed by atoms with van der Waals surface area (Å²) in [4.78, 5) is 4.19. The van der Waals surface area contributed by atoms with Crippen molar-refractivity contribution in [3.63, 3.8) is 0 Å². The first-order valence-corrected chi connectivity index (χ1v) is 4.53. The molecular formula is C8H9N5S. The van der Waals surface area contributed by atoms with E-state index in [1.54, 1.807) is 10.9 Å². The minimum Gasteiger partial charge on any atom is -0.259 e. The molecule has 0 aliphatic carbocycles. The lowest BCUT2D eigenvalue weighted by molar-refractivity contribution is 0.772. The van der Waals surface area contributed by atoms with Gasteiger partial charge in [-0.25, -0.2) is 4.68 Å². The highest BCUT2D eigenvalue weighted by Crippen LogP contribution is 2.14. The second-order valence-corrected chi connectivity index (χ2v) is 3.34. The van der Waals surface area contributed by atoms with Gasteiger partial charge >= 0.3 is 0 Å². The van der Waals surface area contributed by atoms with Gasteiger partial charge in [-0.2, -0.15) is 5.21 Å². The molecule has 0 aliphatic heterocycles. The average Bonchev–Trinajstić information content (AvgIpc) is 2.52. The van der Waals surface area contributed by atoms with Gasteiger partial charge in [0.05, 0.1) is 11.4 Å². The molecule has 0 unspecified atom stereocenters. The Balaban J connectivity index is 2.74. The zero-order chi connectivity index (χ0) is 10.1. The Morgan fingerprint density at radius 2 is 2.21 bits per heavy atom. The fourth-order valence-electron chi connectivity index (χ4n) is 1.37. The topological polar surface area (TPSA) is 59.4 Å². The van der Waals surface area contributed by atoms with Gasteiger partial charge in [0.25, 0.3) is 0 Å². The Morgan fingerprint density at radius 1 is 1.43 bits per heavy atom. The van der Waals surface area contributed by atoms with Gasteiger partial charge in [0.15, 0.2) is 0 Å². The lowest BCUT2D eigenvalue weighted by atomic mass is 10.2. The predicted octanol–water partition coefficient (Wildman–Crippen LogP) is 1.34. The normalized spacial score (nSPS) is 10.4. The summed E-state index contributed by atoms with van der Waals surface area (Å²) in [7, 11) is 0. The third kappa shape index (κ3) is 1.33. The first-order chi connectivity index (χ1) is 6.70. The first kappa shape index (κ1) is 9.01. The van der Waals surface area contributed by atoms with Gasteiger partial charge in [0.2, 0.25) is 4.77 Å². The summed E-state index contributed by atoms with van der Waals surface area (Å²) in [5.41, 5.74) is 2.90. The molecule has 0 spiro atoms. The summed E-state index contributed by atoms with van der Waals surface area (Å²) in [6.45, 7) is 3.91. The monoisotopic (exact) mass is 207 g/mol. The van der Waals surface area contributed by atoms with E-state index < -0.39 is 0 Å². The molecule has 0 aromatic carbocycles. The van der Waals surface area contributed by atoms with Crippen molar-refractivity contribution in [3.05, 3.63) is 28.3 Å². The molecule has 0 fully saturated rings. The van der Waals surface area contributed by atoms with Crippen LogP contribution in [0.3, 0.4) is 0 Å². The van der Waals surface area contributed by atoms with Crippen LogP contribution in [0.15, 0.2) is 12.3 Å². The minimum atomic E-state index is 0.407. The highest BCUT2D eigenvalue weighted by atomic mass is 32.1. The van der Waals surface area contributed by atoms with Crippen molar-refractivity contribution in [3.8, 4) is 5.69 Å². The number of pyridine rings is 1. The van der Waals surface area contributed by atoms with E-state index in [-0.39, 0.29) is 0 Å². The molecule has 6 heteroatoms. The standard InChI is InChI=1S/C8H9N5S/c1-5-3-4-9-6(2)7(5)13-8(14)10-11-12-13/h3-4H,1-2H3,(H,10,12,14). The summed E-state index contributed by atoms with van der Waals surface area (Å²) < 4.78 is 2.05. The molecule has 0 bridgehead atoms. The van der Waals surface area contributed by atoms with Crippen LogP contribution in [-0.2, 0) is 0 Å². The van der Waals surface area contributed by atoms with Crippen molar-refractivity contribution in [1.29, 1.82) is 0 Å². The summed E-state index contributed by atoms with van der Waals surface area (Å²) in [6, 6.07) is 1.92. The molecule has 0 saturated heterocycles. The Bertz CT molecular complexity index is 492. The number of aromatic amines is 1. The Kier molecular flexibility index (Phi) is 2.12. The zero-order valence-corrected chi connectivity index (χ0v) is 8.67. The van der Waals surface area contributed by atoms with E-state index in [0.717, 1.165) is 16.9 Å². The van der Waals surface area contributed by atoms with Crippen LogP contribution >= 0.6 is 12.2 Å². The van der Waals surface area contributed by atoms with Gasteiger partial charge in [-0.15, -0.1) is 0 Å². The van der Waals surface area contributed by atoms with Crippen molar-refractivity contribution < 1.29 is 0 Å². The SMILES string of the molecule is Cc1ccnc(C)c1-n1[nH]nnc1=S. The third-order valence-corrected chi connectivity index (χ3v) is 2.27. The van der Waals surface area contributed by atoms with Gasteiger partial charge in [-0.3, -0.25) is 4.98 Å². The first-order valence-electron chi connectivity index (χ1n) is 4.13. The maximum absolute atomic E-state index is 5.02. The van der Waals surface area contributed by atoms with Crippen LogP contribution in [0.1, 0.15) is 11.3 Å². The van der Waals surface area contributed by atoms with E-state index in [1.807, 2.05) is 19.9 Å². The van der Waals surface area contributed by atoms with E-state index >= 15 is 0 Å². The van der Waals surface area contributed by atoms with E-state index in [2.05, 4.69) is 20.5 Å². The fraction of sp³-hybridized carbons (Fsp3) is 0.250. The Hall–Kier alpha value is -1.56. The molecule has 2 rings (SSSR count). The number of nitrogens with zero attached hydrogens (tertiary/aromatic N) is 4. The largest absolute Gasteiger partial charge is 0.259 e. The van der Waals surface area contributed by atoms with Crippen LogP contribution in [-0.4, -0.2) is 25.2 Å². The van der Waals surface area contributed by atoms with E-state index in [4.69, 9.17) is 12.2 Å². The van der Waals surface area contributed by atoms with Crippen molar-refractivity contribution in [2.24, 2.45) is 0 Å². The smallest absolute Gasteiger partial charge is 0.242 e. The highest BCUT2D eigenvalue weighted by molar-refractivity contribution is 7.71. The van der Waals surface area contributed by atoms with Crippen LogP contribution in [0.5, 0.6) is 0 Å². The molecule has 0 atom stereocenters. The Morgan fingerprint density at radius 3 is 2.79 bits per heavy atom. The number of nitrogens with one attached hydrogen (secondary N) is 1. The summed E-state index contributed by atoms with van der Waals surface area (Å²) in [6.07, 6.45) is 1.77. The molecule has 0 aliphatic rings. The molecule has 2 aromatic rings. The van der Waals surface area contributed by atoms with Gasteiger partial charge in [0, 0.05) is 6.20 Å². The molecule has 0 radical (unpaired) electrons. The number of tetrazole rings is 1. The third-order valence-electron chi connectivity index (χ3n) is 2.00. The van der Waals surface area contributed by atoms with Crippen molar-refractivity contribution in [1.82, 2.24) is 25.2 Å². The van der Waals surface area contributed by atoms with Crippen LogP contribution in [0, 0.1) is 18.6 Å². The second kappa shape index (κ2) is 3.30. The summed E-state index contributed by atoms with van der Waals surface area (Å²) in [5, 5.41) is 10.1. The van der Waals surface area contributed by atoms with Crippen molar-refractivity contribution >= 4 is 12.2 Å². The molecule has 0 saturated carbocycles. The molecule has 5 nitrogen and oxygen atoms in total. The number of rotatable bonds is 1. The van der Waals surface area contributed by atoms with Gasteiger partial charge in [-0.05, 0) is 37.7 Å². The van der Waals surface area contributed by atoms with Gasteiger partial charge < -0.3 is 0 Å². The summed E-state index contributed by atoms with van der Waals surface area (Å²) >= 11 is 5.02. The number of H-pyrrole nitrogens is 1. The second-order valence-electron chi connectivity index (χ2n) is 2.98. The number of hydrogen-bond donors (Lipinski definition) is 1. The molecular weight excluding hydrogens is 198 g/mol. The zero-order valence-electron chi connectivity index (χ0n) is 7.85. The average molecular weight is 207 g/mol. The van der Waals surface area contributed by atoms with Gasteiger partial charge in [0.1, 0.15) is 0 Å². The number of aryl methyl sites for hydroxylation is 2. The summed E-state index contributed by atoms with van der Waals surface area (Å²) in [5.74, 6) is 0. The van der Waals surface area contributed by atoms with Crippen molar-refractivity contribution in [2.75, 3.05) is 0 Å². The predicted molar refractivity (Wildman–Crippen MR) is 53.8 cm³/mol. The molecule has 2 aromatic heterocycles. The lowest BCUT2D eigenvalue weighted by Gasteiger charge is -2.07. The van der Waals surface area contributed by atoms with E-state index in [0.29, 0.717) is 4.77 Å². The lowest BCUT2D eigenvalue weighted by Crippen LogP contribution is -2.03. The van der Waals surface area contributed by atoms with E-state index in [9.17, 15) is 0 Å². The maximum atomic E-state index is 5.02. The molecule has 1 N–H and O–H groups in total. The van der Waals surface area contributed by atoms with E-state index in [1.165, 1.54) is 0 Å². The van der Waals surface area contributed by atoms with Crippen LogP contribution in [0.25, 0.3) is 5.69 Å². The molecule has 0 amide bonds. The van der Waals surface area contributed by atoms with Crippen LogP contribution < -0.4 is 0 Å². The van der Waals surface area contributed by atoms with Crippen molar-refractivity contribution in [2.45, 2.75) is 13.8 Å². The molecule has 14 heavy (non-hydrogen) atoms. The maximum Gasteiger partial charge on any atom is 0.242 e. The fourth-order valence-corrected chi connectivity index (χ4v) is 1.54. The number of aromatic nitrogens is 5. The quantitative estimate of drug-likeness (QED) is 0.717. The molecule has 72 valence electrons. The number of hydrogen-bond acceptors (Lipinski definition) is 4. The van der Waals surface area contributed by atoms with Gasteiger partial charge in [-0.1, -0.05) is 10.3 Å². The Labute approximate surface area is 85.8 Å². The van der Waals surface area contributed by atoms with Crippen LogP contribution in [0.4, 0.5) is 0 Å². The molecule has 2 heterocycles. The minimum absolute atomic E-state index is 0.407.